The van der Waals surface area contributed by atoms with Gasteiger partial charge in [0.1, 0.15) is 0 Å². The monoisotopic (exact) mass is 314 g/mol. The molecule has 0 aliphatic rings. The fraction of sp³-hybridized carbons (Fsp3) is 0.333. The Morgan fingerprint density at radius 1 is 1.09 bits per heavy atom. The highest BCUT2D eigenvalue weighted by atomic mass is 16.4. The summed E-state index contributed by atoms with van der Waals surface area (Å²) in [6.07, 6.45) is 0. The van der Waals surface area contributed by atoms with E-state index in [-0.39, 0.29) is 6.04 Å². The van der Waals surface area contributed by atoms with E-state index in [9.17, 15) is 14.7 Å². The molecule has 5 nitrogen and oxygen atoms in total. The minimum Gasteiger partial charge on any atom is -0.479 e. The number of aliphatic carboxylic acids is 1. The van der Waals surface area contributed by atoms with Gasteiger partial charge < -0.3 is 16.2 Å². The van der Waals surface area contributed by atoms with E-state index in [0.717, 1.165) is 16.3 Å². The van der Waals surface area contributed by atoms with E-state index in [1.165, 1.54) is 0 Å². The molecule has 2 atom stereocenters. The number of carbonyl (C=O) groups excluding carboxylic acids is 1. The van der Waals surface area contributed by atoms with E-state index >= 15 is 0 Å². The lowest BCUT2D eigenvalue weighted by Gasteiger charge is -2.29. The van der Waals surface area contributed by atoms with Crippen LogP contribution in [0.2, 0.25) is 0 Å². The molecule has 0 bridgehead atoms. The molecular formula is C18H22N2O3. The molecule has 2 rings (SSSR count). The van der Waals surface area contributed by atoms with Crippen LogP contribution in [0.3, 0.4) is 0 Å². The standard InChI is InChI=1S/C18H22N2O3/c1-11(2)18(19,17(22)23)16(21)20-12(3)14-10-6-8-13-7-4-5-9-15(13)14/h4-12H,19H2,1-3H3,(H,20,21)(H,22,23)/t12-,18-/m0/s1. The van der Waals surface area contributed by atoms with Crippen LogP contribution >= 0.6 is 0 Å². The summed E-state index contributed by atoms with van der Waals surface area (Å²) in [5.41, 5.74) is 4.83. The number of amides is 1. The molecule has 0 aliphatic carbocycles. The van der Waals surface area contributed by atoms with Gasteiger partial charge in [-0.3, -0.25) is 4.79 Å². The molecule has 5 heteroatoms. The van der Waals surface area contributed by atoms with E-state index in [1.807, 2.05) is 49.4 Å². The van der Waals surface area contributed by atoms with Crippen molar-refractivity contribution in [3.63, 3.8) is 0 Å². The van der Waals surface area contributed by atoms with Crippen LogP contribution in [0.25, 0.3) is 10.8 Å². The van der Waals surface area contributed by atoms with Crippen molar-refractivity contribution in [2.24, 2.45) is 11.7 Å². The number of carbonyl (C=O) groups is 2. The van der Waals surface area contributed by atoms with Crippen molar-refractivity contribution < 1.29 is 14.7 Å². The number of carboxylic acid groups (broad SMARTS) is 1. The summed E-state index contributed by atoms with van der Waals surface area (Å²) in [6, 6.07) is 13.3. The number of hydrogen-bond acceptors (Lipinski definition) is 3. The Bertz CT molecular complexity index is 737. The minimum atomic E-state index is -1.95. The third-order valence-corrected chi connectivity index (χ3v) is 4.28. The maximum Gasteiger partial charge on any atom is 0.333 e. The summed E-state index contributed by atoms with van der Waals surface area (Å²) in [4.78, 5) is 23.9. The van der Waals surface area contributed by atoms with Gasteiger partial charge in [0.05, 0.1) is 6.04 Å². The van der Waals surface area contributed by atoms with Crippen molar-refractivity contribution in [2.45, 2.75) is 32.4 Å². The second-order valence-corrected chi connectivity index (χ2v) is 6.09. The molecular weight excluding hydrogens is 292 g/mol. The normalized spacial score (nSPS) is 15.2. The summed E-state index contributed by atoms with van der Waals surface area (Å²) in [5.74, 6) is -2.53. The van der Waals surface area contributed by atoms with Crippen molar-refractivity contribution >= 4 is 22.6 Å². The van der Waals surface area contributed by atoms with Crippen LogP contribution in [0.4, 0.5) is 0 Å². The Hall–Kier alpha value is -2.40. The van der Waals surface area contributed by atoms with Crippen molar-refractivity contribution in [2.75, 3.05) is 0 Å². The number of nitrogens with one attached hydrogen (secondary N) is 1. The van der Waals surface area contributed by atoms with Gasteiger partial charge in [0.2, 0.25) is 0 Å². The molecule has 4 N–H and O–H groups in total. The van der Waals surface area contributed by atoms with Crippen molar-refractivity contribution in [1.82, 2.24) is 5.32 Å². The molecule has 0 aromatic heterocycles. The average molecular weight is 314 g/mol. The van der Waals surface area contributed by atoms with Gasteiger partial charge in [-0.05, 0) is 29.2 Å². The Labute approximate surface area is 135 Å². The SMILES string of the molecule is CC(C)[C@@](N)(C(=O)O)C(=O)N[C@@H](C)c1cccc2ccccc12. The molecule has 0 radical (unpaired) electrons. The summed E-state index contributed by atoms with van der Waals surface area (Å²) in [7, 11) is 0. The molecule has 0 saturated carbocycles. The van der Waals surface area contributed by atoms with E-state index in [1.54, 1.807) is 13.8 Å². The molecule has 0 spiro atoms. The Kier molecular flexibility index (Phi) is 4.71. The second-order valence-electron chi connectivity index (χ2n) is 6.09. The first-order valence-electron chi connectivity index (χ1n) is 7.59. The number of rotatable bonds is 5. The lowest BCUT2D eigenvalue weighted by molar-refractivity contribution is -0.151. The summed E-state index contributed by atoms with van der Waals surface area (Å²) < 4.78 is 0. The zero-order valence-corrected chi connectivity index (χ0v) is 13.5. The van der Waals surface area contributed by atoms with Gasteiger partial charge in [0, 0.05) is 0 Å². The van der Waals surface area contributed by atoms with Gasteiger partial charge in [-0.1, -0.05) is 56.3 Å². The van der Waals surface area contributed by atoms with E-state index in [2.05, 4.69) is 5.32 Å². The third-order valence-electron chi connectivity index (χ3n) is 4.28. The van der Waals surface area contributed by atoms with Crippen LogP contribution in [-0.4, -0.2) is 22.5 Å². The van der Waals surface area contributed by atoms with Crippen LogP contribution in [0.5, 0.6) is 0 Å². The number of nitrogens with two attached hydrogens (primary N) is 1. The highest BCUT2D eigenvalue weighted by Gasteiger charge is 2.45. The number of fused-ring (bicyclic) bond motifs is 1. The van der Waals surface area contributed by atoms with Gasteiger partial charge >= 0.3 is 5.97 Å². The lowest BCUT2D eigenvalue weighted by atomic mass is 9.86. The predicted octanol–water partition coefficient (Wildman–Crippen LogP) is 2.46. The van der Waals surface area contributed by atoms with Crippen molar-refractivity contribution in [3.8, 4) is 0 Å². The number of hydrogen-bond donors (Lipinski definition) is 3. The van der Waals surface area contributed by atoms with E-state index in [0.29, 0.717) is 0 Å². The number of carboxylic acids is 1. The topological polar surface area (TPSA) is 92.4 Å². The Morgan fingerprint density at radius 2 is 1.70 bits per heavy atom. The zero-order valence-electron chi connectivity index (χ0n) is 13.5. The molecule has 2 aromatic rings. The first-order valence-corrected chi connectivity index (χ1v) is 7.59. The maximum absolute atomic E-state index is 12.5. The van der Waals surface area contributed by atoms with E-state index < -0.39 is 23.3 Å². The highest BCUT2D eigenvalue weighted by molar-refractivity contribution is 6.07. The largest absolute Gasteiger partial charge is 0.479 e. The lowest BCUT2D eigenvalue weighted by Crippen LogP contribution is -2.63. The quantitative estimate of drug-likeness (QED) is 0.739. The Balaban J connectivity index is 2.32. The highest BCUT2D eigenvalue weighted by Crippen LogP contribution is 2.25. The summed E-state index contributed by atoms with van der Waals surface area (Å²) >= 11 is 0. The molecule has 122 valence electrons. The second kappa shape index (κ2) is 6.38. The minimum absolute atomic E-state index is 0.352. The van der Waals surface area contributed by atoms with Gasteiger partial charge in [-0.15, -0.1) is 0 Å². The third kappa shape index (κ3) is 3.05. The molecule has 1 amide bonds. The van der Waals surface area contributed by atoms with Crippen molar-refractivity contribution in [1.29, 1.82) is 0 Å². The predicted molar refractivity (Wildman–Crippen MR) is 89.9 cm³/mol. The fourth-order valence-corrected chi connectivity index (χ4v) is 2.63. The molecule has 0 fully saturated rings. The van der Waals surface area contributed by atoms with Crippen LogP contribution in [0.1, 0.15) is 32.4 Å². The molecule has 0 aliphatic heterocycles. The Morgan fingerprint density at radius 3 is 2.30 bits per heavy atom. The van der Waals surface area contributed by atoms with Gasteiger partial charge in [0.25, 0.3) is 5.91 Å². The van der Waals surface area contributed by atoms with Crippen LogP contribution < -0.4 is 11.1 Å². The molecule has 0 saturated heterocycles. The van der Waals surface area contributed by atoms with Gasteiger partial charge in [0.15, 0.2) is 5.54 Å². The van der Waals surface area contributed by atoms with Crippen molar-refractivity contribution in [3.05, 3.63) is 48.0 Å². The molecule has 23 heavy (non-hydrogen) atoms. The number of benzene rings is 2. The molecule has 0 unspecified atom stereocenters. The van der Waals surface area contributed by atoms with Crippen LogP contribution in [0.15, 0.2) is 42.5 Å². The first kappa shape index (κ1) is 17.0. The maximum atomic E-state index is 12.5. The van der Waals surface area contributed by atoms with Gasteiger partial charge in [-0.25, -0.2) is 4.79 Å². The summed E-state index contributed by atoms with van der Waals surface area (Å²) in [5, 5.41) is 14.2. The molecule has 0 heterocycles. The fourth-order valence-electron chi connectivity index (χ4n) is 2.63. The average Bonchev–Trinajstić information content (AvgIpc) is 2.52. The summed E-state index contributed by atoms with van der Waals surface area (Å²) in [6.45, 7) is 5.06. The smallest absolute Gasteiger partial charge is 0.333 e. The first-order chi connectivity index (χ1) is 10.8. The van der Waals surface area contributed by atoms with Crippen LogP contribution in [-0.2, 0) is 9.59 Å². The van der Waals surface area contributed by atoms with Gasteiger partial charge in [-0.2, -0.15) is 0 Å². The zero-order chi connectivity index (χ0) is 17.2. The van der Waals surface area contributed by atoms with E-state index in [4.69, 9.17) is 5.73 Å². The molecule has 2 aromatic carbocycles. The van der Waals surface area contributed by atoms with Crippen LogP contribution in [0, 0.1) is 5.92 Å².